The number of hydrogen-bond acceptors (Lipinski definition) is 10. The third kappa shape index (κ3) is 6.48. The summed E-state index contributed by atoms with van der Waals surface area (Å²) < 4.78 is 13.8. The molecular weight excluding hydrogens is 639 g/mol. The molecule has 1 atom stereocenters. The van der Waals surface area contributed by atoms with E-state index < -0.39 is 12.1 Å². The first-order chi connectivity index (χ1) is 22.3. The van der Waals surface area contributed by atoms with Gasteiger partial charge >= 0.3 is 6.09 Å². The van der Waals surface area contributed by atoms with E-state index >= 15 is 0 Å². The van der Waals surface area contributed by atoms with Gasteiger partial charge in [-0.1, -0.05) is 23.2 Å². The number of rotatable bonds is 12. The molecule has 17 heteroatoms. The van der Waals surface area contributed by atoms with Crippen molar-refractivity contribution in [2.45, 2.75) is 25.8 Å². The summed E-state index contributed by atoms with van der Waals surface area (Å²) in [6.45, 7) is 3.57. The van der Waals surface area contributed by atoms with Crippen LogP contribution in [0.2, 0.25) is 10.2 Å². The summed E-state index contributed by atoms with van der Waals surface area (Å²) in [4.78, 5) is 43.4. The zero-order chi connectivity index (χ0) is 32.2. The SMILES string of the molecule is CCOCCOCCN(C(=O)O)c1ccc(-c2nc([C@@H]3CCc4nc(-c5cc(Cl)ccc5-n5cnnn5)cc(=O)n43)[nH]c2Cl)cn1. The minimum absolute atomic E-state index is 0.100. The van der Waals surface area contributed by atoms with Gasteiger partial charge in [0.25, 0.3) is 5.56 Å². The van der Waals surface area contributed by atoms with Gasteiger partial charge in [-0.25, -0.2) is 19.7 Å². The second-order valence-electron chi connectivity index (χ2n) is 10.2. The number of ether oxygens (including phenoxy) is 2. The molecule has 1 amide bonds. The zero-order valence-corrected chi connectivity index (χ0v) is 26.0. The molecule has 238 valence electrons. The molecule has 0 bridgehead atoms. The molecule has 0 aliphatic carbocycles. The number of imidazole rings is 1. The number of benzene rings is 1. The number of carbonyl (C=O) groups is 1. The fraction of sp³-hybridized carbons (Fsp3) is 0.310. The van der Waals surface area contributed by atoms with Gasteiger partial charge in [0.2, 0.25) is 0 Å². The number of nitrogens with zero attached hydrogens (tertiary/aromatic N) is 9. The Labute approximate surface area is 271 Å². The summed E-state index contributed by atoms with van der Waals surface area (Å²) in [7, 11) is 0. The summed E-state index contributed by atoms with van der Waals surface area (Å²) in [5.41, 5.74) is 2.42. The van der Waals surface area contributed by atoms with E-state index in [-0.39, 0.29) is 29.7 Å². The summed E-state index contributed by atoms with van der Waals surface area (Å²) in [6.07, 6.45) is 2.90. The summed E-state index contributed by atoms with van der Waals surface area (Å²) in [5, 5.41) is 21.8. The molecule has 15 nitrogen and oxygen atoms in total. The van der Waals surface area contributed by atoms with Crippen molar-refractivity contribution in [3.05, 3.63) is 81.1 Å². The van der Waals surface area contributed by atoms with E-state index in [1.54, 1.807) is 34.9 Å². The van der Waals surface area contributed by atoms with Gasteiger partial charge < -0.3 is 19.6 Å². The van der Waals surface area contributed by atoms with Gasteiger partial charge in [-0.05, 0) is 54.1 Å². The van der Waals surface area contributed by atoms with Crippen molar-refractivity contribution >= 4 is 35.1 Å². The Kier molecular flexibility index (Phi) is 9.35. The van der Waals surface area contributed by atoms with Crippen molar-refractivity contribution in [3.8, 4) is 28.2 Å². The van der Waals surface area contributed by atoms with Crippen LogP contribution in [0, 0.1) is 0 Å². The number of hydrogen-bond donors (Lipinski definition) is 2. The van der Waals surface area contributed by atoms with Crippen LogP contribution in [-0.2, 0) is 15.9 Å². The van der Waals surface area contributed by atoms with Crippen LogP contribution in [0.3, 0.4) is 0 Å². The van der Waals surface area contributed by atoms with Gasteiger partial charge in [0.15, 0.2) is 0 Å². The number of nitrogens with one attached hydrogen (secondary N) is 1. The molecule has 0 unspecified atom stereocenters. The number of anilines is 1. The number of pyridine rings is 1. The van der Waals surface area contributed by atoms with Crippen LogP contribution in [0.4, 0.5) is 10.6 Å². The lowest BCUT2D eigenvalue weighted by molar-refractivity contribution is 0.0555. The number of amides is 1. The van der Waals surface area contributed by atoms with Crippen LogP contribution in [0.1, 0.15) is 31.0 Å². The molecule has 2 N–H and O–H groups in total. The standard InChI is InChI=1S/C29H28Cl2N10O5/c1-2-45-11-12-46-10-9-39(29(43)44)23-7-3-17(15-32-23)26-27(31)36-28(35-26)22-6-8-24-34-20(14-25(42)41(22)24)19-13-18(30)4-5-21(19)40-16-33-37-38-40/h3-5,7,13-16,22H,2,6,8-12H2,1H3,(H,35,36)(H,43,44)/t22-/m0/s1. The van der Waals surface area contributed by atoms with Crippen molar-refractivity contribution in [2.24, 2.45) is 0 Å². The van der Waals surface area contributed by atoms with Crippen molar-refractivity contribution in [2.75, 3.05) is 37.9 Å². The molecule has 0 fully saturated rings. The Morgan fingerprint density at radius 2 is 1.98 bits per heavy atom. The lowest BCUT2D eigenvalue weighted by Crippen LogP contribution is -2.33. The first-order valence-electron chi connectivity index (χ1n) is 14.4. The molecule has 0 saturated heterocycles. The molecule has 5 aromatic rings. The van der Waals surface area contributed by atoms with E-state index in [0.717, 1.165) is 4.90 Å². The number of halogens is 2. The molecule has 1 aliphatic rings. The first kappa shape index (κ1) is 31.3. The number of aryl methyl sites for hydroxylation is 1. The molecule has 46 heavy (non-hydrogen) atoms. The third-order valence-corrected chi connectivity index (χ3v) is 7.87. The highest BCUT2D eigenvalue weighted by atomic mass is 35.5. The van der Waals surface area contributed by atoms with Gasteiger partial charge in [-0.3, -0.25) is 14.3 Å². The van der Waals surface area contributed by atoms with Crippen LogP contribution >= 0.6 is 23.2 Å². The highest BCUT2D eigenvalue weighted by molar-refractivity contribution is 6.32. The lowest BCUT2D eigenvalue weighted by Gasteiger charge is -2.18. The molecule has 1 aliphatic heterocycles. The third-order valence-electron chi connectivity index (χ3n) is 7.37. The van der Waals surface area contributed by atoms with Crippen molar-refractivity contribution < 1.29 is 19.4 Å². The van der Waals surface area contributed by atoms with E-state index in [1.165, 1.54) is 23.3 Å². The Morgan fingerprint density at radius 1 is 1.13 bits per heavy atom. The number of aromatic amines is 1. The van der Waals surface area contributed by atoms with Crippen LogP contribution < -0.4 is 10.5 Å². The maximum absolute atomic E-state index is 13.5. The predicted molar refractivity (Wildman–Crippen MR) is 168 cm³/mol. The fourth-order valence-corrected chi connectivity index (χ4v) is 5.68. The van der Waals surface area contributed by atoms with Gasteiger partial charge in [0, 0.05) is 41.4 Å². The van der Waals surface area contributed by atoms with Crippen LogP contribution in [0.25, 0.3) is 28.2 Å². The molecule has 0 radical (unpaired) electrons. The van der Waals surface area contributed by atoms with Crippen molar-refractivity contribution in [1.29, 1.82) is 0 Å². The molecule has 5 heterocycles. The number of aromatic nitrogens is 9. The molecule has 0 saturated carbocycles. The minimum atomic E-state index is -1.15. The molecule has 0 spiro atoms. The van der Waals surface area contributed by atoms with Gasteiger partial charge in [-0.15, -0.1) is 5.10 Å². The molecule has 1 aromatic carbocycles. The smallest absolute Gasteiger partial charge is 0.413 e. The highest BCUT2D eigenvalue weighted by Gasteiger charge is 2.30. The minimum Gasteiger partial charge on any atom is -0.465 e. The molecule has 4 aromatic heterocycles. The zero-order valence-electron chi connectivity index (χ0n) is 24.5. The average molecular weight is 668 g/mol. The van der Waals surface area contributed by atoms with Crippen LogP contribution in [0.15, 0.2) is 53.7 Å². The predicted octanol–water partition coefficient (Wildman–Crippen LogP) is 4.05. The Morgan fingerprint density at radius 3 is 2.72 bits per heavy atom. The molecular formula is C29H28Cl2N10O5. The maximum atomic E-state index is 13.5. The largest absolute Gasteiger partial charge is 0.465 e. The Hall–Kier alpha value is -4.70. The summed E-state index contributed by atoms with van der Waals surface area (Å²) >= 11 is 12.9. The maximum Gasteiger partial charge on any atom is 0.413 e. The summed E-state index contributed by atoms with van der Waals surface area (Å²) in [6, 6.07) is 9.48. The monoisotopic (exact) mass is 666 g/mol. The number of H-pyrrole nitrogens is 1. The van der Waals surface area contributed by atoms with Crippen molar-refractivity contribution in [3.63, 3.8) is 0 Å². The van der Waals surface area contributed by atoms with Gasteiger partial charge in [0.1, 0.15) is 34.6 Å². The average Bonchev–Trinajstić information content (AvgIpc) is 3.81. The Bertz CT molecular complexity index is 1900. The second kappa shape index (κ2) is 13.7. The van der Waals surface area contributed by atoms with Crippen LogP contribution in [0.5, 0.6) is 0 Å². The van der Waals surface area contributed by atoms with E-state index in [1.807, 2.05) is 6.92 Å². The Balaban J connectivity index is 1.22. The fourth-order valence-electron chi connectivity index (χ4n) is 5.26. The topological polar surface area (TPSA) is 179 Å². The molecule has 6 rings (SSSR count). The normalized spacial score (nSPS) is 14.0. The van der Waals surface area contributed by atoms with E-state index in [4.69, 9.17) is 42.6 Å². The van der Waals surface area contributed by atoms with Gasteiger partial charge in [-0.2, -0.15) is 4.68 Å². The number of carboxylic acid groups (broad SMARTS) is 1. The van der Waals surface area contributed by atoms with E-state index in [2.05, 4.69) is 25.5 Å². The van der Waals surface area contributed by atoms with E-state index in [0.29, 0.717) is 77.5 Å². The van der Waals surface area contributed by atoms with E-state index in [9.17, 15) is 14.7 Å². The number of tetrazole rings is 1. The lowest BCUT2D eigenvalue weighted by atomic mass is 10.1. The second-order valence-corrected chi connectivity index (χ2v) is 11.0. The quantitative estimate of drug-likeness (QED) is 0.183. The number of fused-ring (bicyclic) bond motifs is 1. The highest BCUT2D eigenvalue weighted by Crippen LogP contribution is 2.34. The summed E-state index contributed by atoms with van der Waals surface area (Å²) in [5.74, 6) is 1.32. The van der Waals surface area contributed by atoms with Gasteiger partial charge in [0.05, 0.1) is 43.8 Å². The van der Waals surface area contributed by atoms with Crippen LogP contribution in [-0.4, -0.2) is 88.9 Å². The first-order valence-corrected chi connectivity index (χ1v) is 15.1. The van der Waals surface area contributed by atoms with Crippen molar-refractivity contribution in [1.82, 2.24) is 44.7 Å².